The van der Waals surface area contributed by atoms with E-state index in [-0.39, 0.29) is 5.82 Å². The summed E-state index contributed by atoms with van der Waals surface area (Å²) in [7, 11) is 0. The van der Waals surface area contributed by atoms with E-state index >= 15 is 0 Å². The Hall–Kier alpha value is -2.51. The molecule has 0 aromatic carbocycles. The van der Waals surface area contributed by atoms with Gasteiger partial charge in [-0.2, -0.15) is 0 Å². The van der Waals surface area contributed by atoms with Crippen molar-refractivity contribution in [3.63, 3.8) is 0 Å². The molecule has 2 aliphatic rings. The van der Waals surface area contributed by atoms with Crippen molar-refractivity contribution in [1.29, 1.82) is 0 Å². The Balaban J connectivity index is 1.44. The maximum absolute atomic E-state index is 13.8. The zero-order chi connectivity index (χ0) is 16.4. The quantitative estimate of drug-likeness (QED) is 0.842. The van der Waals surface area contributed by atoms with Crippen molar-refractivity contribution in [3.8, 4) is 0 Å². The van der Waals surface area contributed by atoms with Crippen molar-refractivity contribution >= 4 is 17.5 Å². The Morgan fingerprint density at radius 2 is 1.38 bits per heavy atom. The molecule has 8 heteroatoms. The van der Waals surface area contributed by atoms with Crippen LogP contribution in [0.1, 0.15) is 12.8 Å². The molecule has 0 bridgehead atoms. The van der Waals surface area contributed by atoms with Crippen molar-refractivity contribution < 1.29 is 4.39 Å². The summed E-state index contributed by atoms with van der Waals surface area (Å²) in [6.45, 7) is 5.10. The summed E-state index contributed by atoms with van der Waals surface area (Å²) < 4.78 is 13.8. The zero-order valence-electron chi connectivity index (χ0n) is 13.5. The number of hydrogen-bond acceptors (Lipinski definition) is 7. The first-order valence-electron chi connectivity index (χ1n) is 8.34. The van der Waals surface area contributed by atoms with Gasteiger partial charge in [0.15, 0.2) is 11.6 Å². The van der Waals surface area contributed by atoms with Crippen LogP contribution < -0.4 is 14.7 Å². The highest BCUT2D eigenvalue weighted by atomic mass is 19.1. The molecule has 0 radical (unpaired) electrons. The molecule has 2 saturated heterocycles. The number of halogens is 1. The number of hydrogen-bond donors (Lipinski definition) is 0. The van der Waals surface area contributed by atoms with Crippen LogP contribution in [0.5, 0.6) is 0 Å². The van der Waals surface area contributed by atoms with Crippen LogP contribution in [-0.2, 0) is 0 Å². The van der Waals surface area contributed by atoms with Crippen LogP contribution >= 0.6 is 0 Å². The normalized spacial score (nSPS) is 18.3. The Morgan fingerprint density at radius 1 is 0.750 bits per heavy atom. The van der Waals surface area contributed by atoms with E-state index < -0.39 is 0 Å². The maximum atomic E-state index is 13.8. The summed E-state index contributed by atoms with van der Waals surface area (Å²) in [5.74, 6) is 1.95. The van der Waals surface area contributed by atoms with Gasteiger partial charge in [0.25, 0.3) is 0 Å². The van der Waals surface area contributed by atoms with Crippen molar-refractivity contribution in [2.75, 3.05) is 54.0 Å². The molecule has 0 unspecified atom stereocenters. The average Bonchev–Trinajstić information content (AvgIpc) is 3.17. The number of rotatable bonds is 3. The summed E-state index contributed by atoms with van der Waals surface area (Å²) in [4.78, 5) is 23.1. The molecule has 7 nitrogen and oxygen atoms in total. The van der Waals surface area contributed by atoms with E-state index in [0.29, 0.717) is 18.9 Å². The van der Waals surface area contributed by atoms with E-state index in [4.69, 9.17) is 0 Å². The summed E-state index contributed by atoms with van der Waals surface area (Å²) in [6, 6.07) is 2.06. The van der Waals surface area contributed by atoms with Gasteiger partial charge in [0, 0.05) is 45.3 Å². The lowest BCUT2D eigenvalue weighted by Gasteiger charge is -2.36. The minimum absolute atomic E-state index is 0.371. The number of nitrogens with zero attached hydrogens (tertiary/aromatic N) is 7. The Kier molecular flexibility index (Phi) is 4.10. The molecule has 0 spiro atoms. The second-order valence-corrected chi connectivity index (χ2v) is 6.10. The fraction of sp³-hybridized carbons (Fsp3) is 0.500. The van der Waals surface area contributed by atoms with Crippen LogP contribution in [0.4, 0.5) is 21.8 Å². The molecule has 0 amide bonds. The summed E-state index contributed by atoms with van der Waals surface area (Å²) in [6.07, 6.45) is 6.68. The standard InChI is InChI=1S/C16H20FN7/c17-13-10-18-11-21-16(13)24-7-5-23(6-8-24)15-9-14(19-12-20-15)22-3-1-2-4-22/h9-12H,1-8H2. The number of piperazine rings is 1. The lowest BCUT2D eigenvalue weighted by Crippen LogP contribution is -2.47. The first kappa shape index (κ1) is 15.0. The number of anilines is 3. The smallest absolute Gasteiger partial charge is 0.183 e. The summed E-state index contributed by atoms with van der Waals surface area (Å²) in [5.41, 5.74) is 0. The molecule has 2 fully saturated rings. The number of aromatic nitrogens is 4. The van der Waals surface area contributed by atoms with Gasteiger partial charge in [-0.25, -0.2) is 24.3 Å². The SMILES string of the molecule is Fc1cncnc1N1CCN(c2cc(N3CCCC3)ncn2)CC1. The summed E-state index contributed by atoms with van der Waals surface area (Å²) >= 11 is 0. The molecule has 2 aromatic heterocycles. The Bertz CT molecular complexity index is 696. The van der Waals surface area contributed by atoms with Gasteiger partial charge in [-0.3, -0.25) is 0 Å². The lowest BCUT2D eigenvalue weighted by atomic mass is 10.3. The van der Waals surface area contributed by atoms with Crippen LogP contribution in [-0.4, -0.2) is 59.2 Å². The minimum atomic E-state index is -0.371. The largest absolute Gasteiger partial charge is 0.356 e. The molecule has 0 saturated carbocycles. The van der Waals surface area contributed by atoms with E-state index in [9.17, 15) is 4.39 Å². The van der Waals surface area contributed by atoms with Crippen molar-refractivity contribution in [3.05, 3.63) is 30.7 Å². The van der Waals surface area contributed by atoms with E-state index in [1.165, 1.54) is 25.4 Å². The fourth-order valence-electron chi connectivity index (χ4n) is 3.32. The van der Waals surface area contributed by atoms with Gasteiger partial charge in [-0.15, -0.1) is 0 Å². The van der Waals surface area contributed by atoms with Gasteiger partial charge in [0.2, 0.25) is 0 Å². The highest BCUT2D eigenvalue weighted by molar-refractivity contribution is 5.52. The molecular weight excluding hydrogens is 309 g/mol. The van der Waals surface area contributed by atoms with Gasteiger partial charge >= 0.3 is 0 Å². The highest BCUT2D eigenvalue weighted by Crippen LogP contribution is 2.23. The Morgan fingerprint density at radius 3 is 2.04 bits per heavy atom. The van der Waals surface area contributed by atoms with E-state index in [1.807, 2.05) is 4.90 Å². The second kappa shape index (κ2) is 6.54. The minimum Gasteiger partial charge on any atom is -0.356 e. The van der Waals surface area contributed by atoms with Crippen molar-refractivity contribution in [2.24, 2.45) is 0 Å². The molecule has 4 rings (SSSR count). The van der Waals surface area contributed by atoms with E-state index in [2.05, 4.69) is 35.8 Å². The summed E-state index contributed by atoms with van der Waals surface area (Å²) in [5, 5.41) is 0. The first-order valence-corrected chi connectivity index (χ1v) is 8.34. The lowest BCUT2D eigenvalue weighted by molar-refractivity contribution is 0.581. The van der Waals surface area contributed by atoms with Crippen LogP contribution in [0.15, 0.2) is 24.9 Å². The monoisotopic (exact) mass is 329 g/mol. The maximum Gasteiger partial charge on any atom is 0.183 e. The second-order valence-electron chi connectivity index (χ2n) is 6.10. The van der Waals surface area contributed by atoms with E-state index in [1.54, 1.807) is 6.33 Å². The van der Waals surface area contributed by atoms with Crippen LogP contribution in [0.25, 0.3) is 0 Å². The third-order valence-electron chi connectivity index (χ3n) is 4.62. The molecule has 0 atom stereocenters. The van der Waals surface area contributed by atoms with Gasteiger partial charge in [-0.05, 0) is 12.8 Å². The molecule has 126 valence electrons. The topological polar surface area (TPSA) is 61.3 Å². The van der Waals surface area contributed by atoms with Crippen LogP contribution in [0.3, 0.4) is 0 Å². The molecule has 2 aromatic rings. The first-order chi connectivity index (χ1) is 11.8. The van der Waals surface area contributed by atoms with Crippen LogP contribution in [0, 0.1) is 5.82 Å². The van der Waals surface area contributed by atoms with Gasteiger partial charge in [0.1, 0.15) is 24.3 Å². The molecule has 2 aliphatic heterocycles. The van der Waals surface area contributed by atoms with Crippen molar-refractivity contribution in [1.82, 2.24) is 19.9 Å². The third-order valence-corrected chi connectivity index (χ3v) is 4.62. The van der Waals surface area contributed by atoms with Gasteiger partial charge in [0.05, 0.1) is 6.20 Å². The molecule has 4 heterocycles. The third kappa shape index (κ3) is 2.95. The van der Waals surface area contributed by atoms with Gasteiger partial charge < -0.3 is 14.7 Å². The van der Waals surface area contributed by atoms with Crippen molar-refractivity contribution in [2.45, 2.75) is 12.8 Å². The predicted octanol–water partition coefficient (Wildman–Crippen LogP) is 1.33. The molecule has 0 aliphatic carbocycles. The Labute approximate surface area is 140 Å². The zero-order valence-corrected chi connectivity index (χ0v) is 13.5. The fourth-order valence-corrected chi connectivity index (χ4v) is 3.32. The van der Waals surface area contributed by atoms with E-state index in [0.717, 1.165) is 37.8 Å². The van der Waals surface area contributed by atoms with Gasteiger partial charge in [-0.1, -0.05) is 0 Å². The highest BCUT2D eigenvalue weighted by Gasteiger charge is 2.22. The molecule has 24 heavy (non-hydrogen) atoms. The predicted molar refractivity (Wildman–Crippen MR) is 89.9 cm³/mol. The average molecular weight is 329 g/mol. The van der Waals surface area contributed by atoms with Crippen LogP contribution in [0.2, 0.25) is 0 Å². The molecule has 0 N–H and O–H groups in total. The molecular formula is C16H20FN7.